The minimum atomic E-state index is 0.925. The molecule has 0 N–H and O–H groups in total. The minimum absolute atomic E-state index is 0.925. The Morgan fingerprint density at radius 2 is 2.25 bits per heavy atom. The Labute approximate surface area is 74.3 Å². The fourth-order valence-corrected chi connectivity index (χ4v) is 1.05. The van der Waals surface area contributed by atoms with Crippen LogP contribution in [0.1, 0.15) is 20.3 Å². The van der Waals surface area contributed by atoms with Gasteiger partial charge in [0, 0.05) is 6.42 Å². The van der Waals surface area contributed by atoms with Gasteiger partial charge in [-0.1, -0.05) is 36.0 Å². The van der Waals surface area contributed by atoms with Gasteiger partial charge in [-0.2, -0.15) is 0 Å². The highest BCUT2D eigenvalue weighted by Gasteiger charge is 1.93. The Bertz CT molecular complexity index is 305. The molecule has 1 rings (SSSR count). The second-order valence-corrected chi connectivity index (χ2v) is 3.21. The molecule has 0 radical (unpaired) electrons. The number of rotatable bonds is 2. The number of hydrogen-bond acceptors (Lipinski definition) is 0. The zero-order valence-electron chi connectivity index (χ0n) is 7.72. The van der Waals surface area contributed by atoms with E-state index in [0.717, 1.165) is 6.42 Å². The molecule has 0 nitrogen and oxygen atoms in total. The van der Waals surface area contributed by atoms with Gasteiger partial charge in [0.1, 0.15) is 0 Å². The molecule has 0 heterocycles. The summed E-state index contributed by atoms with van der Waals surface area (Å²) in [5, 5.41) is 0. The third-order valence-corrected chi connectivity index (χ3v) is 1.65. The summed E-state index contributed by atoms with van der Waals surface area (Å²) in [7, 11) is 0. The summed E-state index contributed by atoms with van der Waals surface area (Å²) < 4.78 is 0. The van der Waals surface area contributed by atoms with E-state index in [0.29, 0.717) is 0 Å². The Morgan fingerprint density at radius 1 is 1.50 bits per heavy atom. The van der Waals surface area contributed by atoms with Crippen LogP contribution < -0.4 is 0 Å². The average molecular weight is 158 g/mol. The van der Waals surface area contributed by atoms with Crippen molar-refractivity contribution >= 4 is 0 Å². The molecule has 62 valence electrons. The predicted octanol–water partition coefficient (Wildman–Crippen LogP) is 3.55. The van der Waals surface area contributed by atoms with E-state index in [9.17, 15) is 0 Å². The Morgan fingerprint density at radius 3 is 2.92 bits per heavy atom. The third kappa shape index (κ3) is 2.77. The summed E-state index contributed by atoms with van der Waals surface area (Å²) in [6.45, 7) is 7.99. The minimum Gasteiger partial charge on any atom is -0.117 e. The maximum atomic E-state index is 3.87. The van der Waals surface area contributed by atoms with Crippen molar-refractivity contribution in [2.45, 2.75) is 20.3 Å². The van der Waals surface area contributed by atoms with Gasteiger partial charge in [0.2, 0.25) is 0 Å². The molecule has 0 bridgehead atoms. The first kappa shape index (κ1) is 8.83. The van der Waals surface area contributed by atoms with Gasteiger partial charge in [-0.15, -0.1) is 5.73 Å². The fourth-order valence-electron chi connectivity index (χ4n) is 1.05. The maximum Gasteiger partial charge on any atom is 0.000113 e. The molecule has 0 atom stereocenters. The SMILES string of the molecule is C=C(C)CC1=C=CC=C(C)C=C1. The molecule has 1 aliphatic carbocycles. The van der Waals surface area contributed by atoms with E-state index in [2.05, 4.69) is 37.5 Å². The summed E-state index contributed by atoms with van der Waals surface area (Å²) in [5.74, 6) is 0. The Hall–Kier alpha value is -1.26. The molecule has 1 aliphatic rings. The number of allylic oxidation sites excluding steroid dienone is 6. The van der Waals surface area contributed by atoms with Gasteiger partial charge in [-0.05, 0) is 25.5 Å². The second kappa shape index (κ2) is 3.94. The van der Waals surface area contributed by atoms with E-state index in [4.69, 9.17) is 0 Å². The highest BCUT2D eigenvalue weighted by molar-refractivity contribution is 5.34. The molecule has 0 heteroatoms. The number of hydrogen-bond donors (Lipinski definition) is 0. The highest BCUT2D eigenvalue weighted by Crippen LogP contribution is 2.12. The topological polar surface area (TPSA) is 0 Å². The molecule has 0 aromatic carbocycles. The van der Waals surface area contributed by atoms with Crippen LogP contribution in [0.3, 0.4) is 0 Å². The first-order valence-corrected chi connectivity index (χ1v) is 4.13. The van der Waals surface area contributed by atoms with E-state index in [1.165, 1.54) is 16.7 Å². The van der Waals surface area contributed by atoms with Gasteiger partial charge < -0.3 is 0 Å². The lowest BCUT2D eigenvalue weighted by atomic mass is 10.1. The van der Waals surface area contributed by atoms with E-state index < -0.39 is 0 Å². The molecular formula is C12H14. The monoisotopic (exact) mass is 158 g/mol. The lowest BCUT2D eigenvalue weighted by Crippen LogP contribution is -1.77. The van der Waals surface area contributed by atoms with E-state index in [-0.39, 0.29) is 0 Å². The second-order valence-electron chi connectivity index (χ2n) is 3.21. The van der Waals surface area contributed by atoms with Crippen LogP contribution >= 0.6 is 0 Å². The van der Waals surface area contributed by atoms with E-state index >= 15 is 0 Å². The molecule has 0 spiro atoms. The molecule has 0 saturated carbocycles. The van der Waals surface area contributed by atoms with Gasteiger partial charge in [0.05, 0.1) is 0 Å². The predicted molar refractivity (Wildman–Crippen MR) is 53.9 cm³/mol. The van der Waals surface area contributed by atoms with Crippen molar-refractivity contribution in [3.8, 4) is 0 Å². The maximum absolute atomic E-state index is 3.87. The highest BCUT2D eigenvalue weighted by atomic mass is 14.0. The molecule has 0 aliphatic heterocycles. The zero-order valence-corrected chi connectivity index (χ0v) is 7.72. The lowest BCUT2D eigenvalue weighted by Gasteiger charge is -1.96. The molecular weight excluding hydrogens is 144 g/mol. The third-order valence-electron chi connectivity index (χ3n) is 1.65. The van der Waals surface area contributed by atoms with Crippen molar-refractivity contribution < 1.29 is 0 Å². The van der Waals surface area contributed by atoms with Gasteiger partial charge in [-0.3, -0.25) is 0 Å². The van der Waals surface area contributed by atoms with Crippen LogP contribution in [0.25, 0.3) is 0 Å². The quantitative estimate of drug-likeness (QED) is 0.426. The molecule has 0 saturated heterocycles. The van der Waals surface area contributed by atoms with Crippen molar-refractivity contribution in [2.75, 3.05) is 0 Å². The van der Waals surface area contributed by atoms with Gasteiger partial charge >= 0.3 is 0 Å². The normalized spacial score (nSPS) is 15.2. The van der Waals surface area contributed by atoms with Crippen molar-refractivity contribution in [1.82, 2.24) is 0 Å². The van der Waals surface area contributed by atoms with Crippen molar-refractivity contribution in [2.24, 2.45) is 0 Å². The first-order valence-electron chi connectivity index (χ1n) is 4.13. The first-order chi connectivity index (χ1) is 5.68. The largest absolute Gasteiger partial charge is 0.117 e. The van der Waals surface area contributed by atoms with Crippen LogP contribution in [0.4, 0.5) is 0 Å². The molecule has 0 aromatic heterocycles. The molecule has 12 heavy (non-hydrogen) atoms. The van der Waals surface area contributed by atoms with E-state index in [1.807, 2.05) is 13.0 Å². The average Bonchev–Trinajstić information content (AvgIpc) is 2.15. The van der Waals surface area contributed by atoms with Crippen LogP contribution in [0, 0.1) is 0 Å². The van der Waals surface area contributed by atoms with Crippen molar-refractivity contribution in [3.63, 3.8) is 0 Å². The Balaban J connectivity index is 2.77. The molecule has 0 fully saturated rings. The molecule has 0 aromatic rings. The van der Waals surface area contributed by atoms with Crippen LogP contribution in [0.5, 0.6) is 0 Å². The molecule has 0 unspecified atom stereocenters. The summed E-state index contributed by atoms with van der Waals surface area (Å²) in [6.07, 6.45) is 9.16. The van der Waals surface area contributed by atoms with E-state index in [1.54, 1.807) is 0 Å². The fraction of sp³-hybridized carbons (Fsp3) is 0.250. The summed E-state index contributed by atoms with van der Waals surface area (Å²) in [6, 6.07) is 0. The summed E-state index contributed by atoms with van der Waals surface area (Å²) >= 11 is 0. The zero-order chi connectivity index (χ0) is 8.97. The van der Waals surface area contributed by atoms with Gasteiger partial charge in [0.25, 0.3) is 0 Å². The lowest BCUT2D eigenvalue weighted by molar-refractivity contribution is 1.17. The van der Waals surface area contributed by atoms with Gasteiger partial charge in [0.15, 0.2) is 0 Å². The van der Waals surface area contributed by atoms with Gasteiger partial charge in [-0.25, -0.2) is 0 Å². The van der Waals surface area contributed by atoms with Crippen LogP contribution in [0.15, 0.2) is 53.3 Å². The standard InChI is InChI=1S/C12H14/c1-10(2)9-12-6-4-5-11(3)7-8-12/h4-5,7-8H,1,9H2,2-3H3. The van der Waals surface area contributed by atoms with Crippen LogP contribution in [-0.4, -0.2) is 0 Å². The summed E-state index contributed by atoms with van der Waals surface area (Å²) in [4.78, 5) is 0. The van der Waals surface area contributed by atoms with Crippen LogP contribution in [0.2, 0.25) is 0 Å². The Kier molecular flexibility index (Phi) is 2.90. The summed E-state index contributed by atoms with van der Waals surface area (Å²) in [5.41, 5.74) is 6.85. The van der Waals surface area contributed by atoms with Crippen molar-refractivity contribution in [3.05, 3.63) is 53.3 Å². The van der Waals surface area contributed by atoms with Crippen LogP contribution in [-0.2, 0) is 0 Å². The smallest absolute Gasteiger partial charge is 0.000113 e. The van der Waals surface area contributed by atoms with Crippen molar-refractivity contribution in [1.29, 1.82) is 0 Å². The molecule has 0 amide bonds.